The van der Waals surface area contributed by atoms with Crippen molar-refractivity contribution >= 4 is 11.9 Å². The molecule has 3 aromatic carbocycles. The highest BCUT2D eigenvalue weighted by atomic mass is 16.6. The molecule has 1 aromatic heterocycles. The van der Waals surface area contributed by atoms with Gasteiger partial charge in [0.1, 0.15) is 29.4 Å². The van der Waals surface area contributed by atoms with Crippen molar-refractivity contribution in [2.24, 2.45) is 0 Å². The molecule has 0 amide bonds. The van der Waals surface area contributed by atoms with Gasteiger partial charge in [-0.05, 0) is 60.7 Å². The summed E-state index contributed by atoms with van der Waals surface area (Å²) < 4.78 is 34.4. The van der Waals surface area contributed by atoms with Gasteiger partial charge in [-0.2, -0.15) is 0 Å². The van der Waals surface area contributed by atoms with Crippen LogP contribution in [-0.2, 0) is 34.1 Å². The van der Waals surface area contributed by atoms with Gasteiger partial charge in [0.2, 0.25) is 0 Å². The molecule has 13 heteroatoms. The van der Waals surface area contributed by atoms with Crippen molar-refractivity contribution in [3.8, 4) is 11.5 Å². The number of aromatic nitrogens is 2. The number of methoxy groups -OCH3 is 2. The van der Waals surface area contributed by atoms with Gasteiger partial charge in [-0.25, -0.2) is 4.79 Å². The average molecular weight is 777 g/mol. The van der Waals surface area contributed by atoms with Crippen LogP contribution in [0.15, 0.2) is 94.6 Å². The zero-order chi connectivity index (χ0) is 41.1. The second kappa shape index (κ2) is 23.0. The highest BCUT2D eigenvalue weighted by Gasteiger charge is 2.42. The molecule has 13 nitrogen and oxygen atoms in total. The number of aliphatic hydroxyl groups is 1. The van der Waals surface area contributed by atoms with Gasteiger partial charge in [0.15, 0.2) is 0 Å². The lowest BCUT2D eigenvalue weighted by Crippen LogP contribution is -2.38. The maximum atomic E-state index is 12.5. The van der Waals surface area contributed by atoms with E-state index < -0.39 is 35.3 Å². The van der Waals surface area contributed by atoms with Crippen LogP contribution in [0, 0.1) is 6.92 Å². The van der Waals surface area contributed by atoms with Gasteiger partial charge in [0.25, 0.3) is 5.56 Å². The Hall–Kier alpha value is -5.24. The number of H-pyrrole nitrogens is 1. The Morgan fingerprint density at radius 1 is 0.804 bits per heavy atom. The summed E-state index contributed by atoms with van der Waals surface area (Å²) in [6.45, 7) is 9.75. The lowest BCUT2D eigenvalue weighted by atomic mass is 9.80. The number of aliphatic hydroxyl groups excluding tert-OH is 1. The molecule has 1 aliphatic rings. The van der Waals surface area contributed by atoms with Crippen LogP contribution in [0.2, 0.25) is 0 Å². The number of aryl methyl sites for hydroxylation is 1. The molecule has 1 unspecified atom stereocenters. The van der Waals surface area contributed by atoms with E-state index in [1.807, 2.05) is 78.9 Å². The SMILES string of the molecule is CCCCOC(C)=O.CCCCOC(C)=O.COc1ccc(C(OC[C@H]2O[C@@H](n3cc(C)c(=O)[nH]c3=O)CC2O)(c2ccccc2)c2ccc(OC)cc2)cc1. The Labute approximate surface area is 328 Å². The number of benzene rings is 3. The smallest absolute Gasteiger partial charge is 0.330 e. The fourth-order valence-electron chi connectivity index (χ4n) is 5.84. The molecule has 56 heavy (non-hydrogen) atoms. The minimum absolute atomic E-state index is 0.0156. The van der Waals surface area contributed by atoms with Gasteiger partial charge in [-0.3, -0.25) is 23.9 Å². The van der Waals surface area contributed by atoms with E-state index in [-0.39, 0.29) is 25.0 Å². The van der Waals surface area contributed by atoms with Crippen LogP contribution >= 0.6 is 0 Å². The fourth-order valence-corrected chi connectivity index (χ4v) is 5.84. The Morgan fingerprint density at radius 2 is 1.29 bits per heavy atom. The zero-order valence-electron chi connectivity index (χ0n) is 33.4. The van der Waals surface area contributed by atoms with Crippen molar-refractivity contribution in [1.29, 1.82) is 0 Å². The third kappa shape index (κ3) is 12.9. The number of carbonyl (C=O) groups excluding carboxylic acids is 2. The molecule has 1 fully saturated rings. The molecular formula is C43H56N2O11. The maximum absolute atomic E-state index is 12.5. The molecule has 3 atom stereocenters. The van der Waals surface area contributed by atoms with E-state index >= 15 is 0 Å². The first-order valence-corrected chi connectivity index (χ1v) is 18.8. The molecule has 5 rings (SSSR count). The third-order valence-corrected chi connectivity index (χ3v) is 8.90. The highest BCUT2D eigenvalue weighted by molar-refractivity contribution is 5.66. The summed E-state index contributed by atoms with van der Waals surface area (Å²) in [5.74, 6) is 1.05. The number of ether oxygens (including phenoxy) is 6. The number of nitrogens with one attached hydrogen (secondary N) is 1. The van der Waals surface area contributed by atoms with Gasteiger partial charge in [-0.1, -0.05) is 81.3 Å². The Bertz CT molecular complexity index is 1820. The lowest BCUT2D eigenvalue weighted by molar-refractivity contribution is -0.142. The summed E-state index contributed by atoms with van der Waals surface area (Å²) in [5.41, 5.74) is 0.825. The molecule has 304 valence electrons. The lowest BCUT2D eigenvalue weighted by Gasteiger charge is -2.37. The fraction of sp³-hybridized carbons (Fsp3) is 0.442. The molecular weight excluding hydrogens is 720 g/mol. The summed E-state index contributed by atoms with van der Waals surface area (Å²) in [5, 5.41) is 11.0. The first-order valence-electron chi connectivity index (χ1n) is 18.8. The Morgan fingerprint density at radius 3 is 1.73 bits per heavy atom. The Kier molecular flexibility index (Phi) is 18.5. The third-order valence-electron chi connectivity index (χ3n) is 8.90. The zero-order valence-corrected chi connectivity index (χ0v) is 33.4. The number of unbranched alkanes of at least 4 members (excludes halogenated alkanes) is 2. The molecule has 1 aliphatic heterocycles. The standard InChI is InChI=1S/C31H32N2O7.2C6H12O2/c1-20-18-33(30(36)32-29(20)35)28-17-26(34)27(40-28)19-39-31(21-7-5-4-6-8-21,22-9-13-24(37-2)14-10-22)23-11-15-25(38-3)16-12-23;2*1-3-4-5-8-6(2)7/h4-16,18,26-28,34H,17,19H2,1-3H3,(H,32,35,36);2*3-5H2,1-2H3/t26?,27-,28-;;/m1../s1. The summed E-state index contributed by atoms with van der Waals surface area (Å²) in [6.07, 6.45) is 3.33. The number of hydrogen-bond acceptors (Lipinski definition) is 11. The first kappa shape index (κ1) is 45.2. The topological polar surface area (TPSA) is 165 Å². The number of aromatic amines is 1. The van der Waals surface area contributed by atoms with Crippen molar-refractivity contribution in [3.05, 3.63) is 128 Å². The summed E-state index contributed by atoms with van der Waals surface area (Å²) >= 11 is 0. The molecule has 0 bridgehead atoms. The number of nitrogens with zero attached hydrogens (tertiary/aromatic N) is 1. The minimum atomic E-state index is -1.08. The van der Waals surface area contributed by atoms with Crippen LogP contribution in [0.1, 0.15) is 88.3 Å². The quantitative estimate of drug-likeness (QED) is 0.0801. The molecule has 2 heterocycles. The molecule has 0 spiro atoms. The van der Waals surface area contributed by atoms with Crippen molar-refractivity contribution in [2.45, 2.75) is 90.8 Å². The van der Waals surface area contributed by atoms with Crippen molar-refractivity contribution in [2.75, 3.05) is 34.0 Å². The van der Waals surface area contributed by atoms with E-state index in [2.05, 4.69) is 28.3 Å². The molecule has 4 aromatic rings. The predicted molar refractivity (Wildman–Crippen MR) is 212 cm³/mol. The van der Waals surface area contributed by atoms with Crippen molar-refractivity contribution < 1.29 is 43.1 Å². The van der Waals surface area contributed by atoms with Crippen LogP contribution in [0.3, 0.4) is 0 Å². The number of hydrogen-bond donors (Lipinski definition) is 2. The summed E-state index contributed by atoms with van der Waals surface area (Å²) in [7, 11) is 3.23. The van der Waals surface area contributed by atoms with E-state index in [0.717, 1.165) is 42.4 Å². The van der Waals surface area contributed by atoms with E-state index in [0.29, 0.717) is 30.3 Å². The van der Waals surface area contributed by atoms with Gasteiger partial charge in [-0.15, -0.1) is 0 Å². The number of esters is 2. The minimum Gasteiger partial charge on any atom is -0.497 e. The molecule has 2 N–H and O–H groups in total. The largest absolute Gasteiger partial charge is 0.497 e. The second-order valence-corrected chi connectivity index (χ2v) is 13.1. The normalized spacial score (nSPS) is 16.0. The predicted octanol–water partition coefficient (Wildman–Crippen LogP) is 6.22. The highest BCUT2D eigenvalue weighted by Crippen LogP contribution is 2.42. The van der Waals surface area contributed by atoms with Crippen LogP contribution in [0.4, 0.5) is 0 Å². The van der Waals surface area contributed by atoms with Crippen molar-refractivity contribution in [1.82, 2.24) is 9.55 Å². The van der Waals surface area contributed by atoms with E-state index in [4.69, 9.17) is 18.9 Å². The van der Waals surface area contributed by atoms with Crippen LogP contribution in [-0.4, -0.2) is 72.8 Å². The summed E-state index contributed by atoms with van der Waals surface area (Å²) in [4.78, 5) is 46.8. The number of rotatable bonds is 15. The monoisotopic (exact) mass is 776 g/mol. The molecule has 0 aliphatic carbocycles. The molecule has 1 saturated heterocycles. The van der Waals surface area contributed by atoms with Crippen LogP contribution < -0.4 is 20.7 Å². The molecule has 0 radical (unpaired) electrons. The molecule has 0 saturated carbocycles. The summed E-state index contributed by atoms with van der Waals surface area (Å²) in [6, 6.07) is 25.1. The van der Waals surface area contributed by atoms with Gasteiger partial charge in [0, 0.05) is 32.0 Å². The maximum Gasteiger partial charge on any atom is 0.330 e. The van der Waals surface area contributed by atoms with Crippen LogP contribution in [0.25, 0.3) is 0 Å². The van der Waals surface area contributed by atoms with E-state index in [1.165, 1.54) is 24.6 Å². The van der Waals surface area contributed by atoms with Gasteiger partial charge < -0.3 is 33.5 Å². The Balaban J connectivity index is 0.000000441. The first-order chi connectivity index (χ1) is 26.9. The average Bonchev–Trinajstić information content (AvgIpc) is 3.57. The van der Waals surface area contributed by atoms with Crippen LogP contribution in [0.5, 0.6) is 11.5 Å². The second-order valence-electron chi connectivity index (χ2n) is 13.1. The van der Waals surface area contributed by atoms with Gasteiger partial charge in [0.05, 0.1) is 40.1 Å². The van der Waals surface area contributed by atoms with E-state index in [9.17, 15) is 24.3 Å². The number of carbonyl (C=O) groups is 2. The van der Waals surface area contributed by atoms with E-state index in [1.54, 1.807) is 21.1 Å². The van der Waals surface area contributed by atoms with Crippen molar-refractivity contribution in [3.63, 3.8) is 0 Å². The van der Waals surface area contributed by atoms with Gasteiger partial charge >= 0.3 is 17.6 Å².